The van der Waals surface area contributed by atoms with Crippen LogP contribution in [0.1, 0.15) is 108 Å². The Morgan fingerprint density at radius 2 is 1.58 bits per heavy atom. The van der Waals surface area contributed by atoms with Gasteiger partial charge in [0.2, 0.25) is 6.29 Å². The smallest absolute Gasteiger partial charge is 0.308 e. The summed E-state index contributed by atoms with van der Waals surface area (Å²) in [5, 5.41) is 74.8. The first-order valence-corrected chi connectivity index (χ1v) is 19.4. The van der Waals surface area contributed by atoms with Gasteiger partial charge in [-0.25, -0.2) is 0 Å². The number of ketones is 2. The zero-order valence-electron chi connectivity index (χ0n) is 32.9. The highest BCUT2D eigenvalue weighted by molar-refractivity contribution is 6.31. The molecule has 9 N–H and O–H groups in total. The lowest BCUT2D eigenvalue weighted by molar-refractivity contribution is -0.268. The molecule has 60 heavy (non-hydrogen) atoms. The average molecular weight is 826 g/mol. The van der Waals surface area contributed by atoms with Crippen LogP contribution in [0.5, 0.6) is 17.2 Å². The van der Waals surface area contributed by atoms with Crippen molar-refractivity contribution in [2.75, 3.05) is 6.54 Å². The van der Waals surface area contributed by atoms with Crippen LogP contribution in [-0.4, -0.2) is 103 Å². The molecule has 1 saturated heterocycles. The van der Waals surface area contributed by atoms with Gasteiger partial charge in [0.25, 0.3) is 0 Å². The number of carbonyl (C=O) groups is 4. The monoisotopic (exact) mass is 825 g/mol. The first-order chi connectivity index (χ1) is 28.7. The molecule has 0 radical (unpaired) electrons. The van der Waals surface area contributed by atoms with Crippen molar-refractivity contribution in [3.05, 3.63) is 121 Å². The van der Waals surface area contributed by atoms with Crippen molar-refractivity contribution < 1.29 is 69.1 Å². The number of aldehydes is 1. The molecule has 1 heterocycles. The molecule has 1 fully saturated rings. The number of rotatable bonds is 15. The van der Waals surface area contributed by atoms with Crippen molar-refractivity contribution in [3.8, 4) is 17.2 Å². The van der Waals surface area contributed by atoms with Crippen LogP contribution < -0.4 is 15.2 Å². The molecule has 316 valence electrons. The summed E-state index contributed by atoms with van der Waals surface area (Å²) in [7, 11) is 0. The standard InChI is InChI=1S/C45H47NO14/c1-22-39(52)43(56)44(57)45(58-22)60-35-18-32-38(40(53)31(35)16-26-8-4-9-27(19-47)33(26)21-49)42(55)36-28(20-48)17-34(59-23(2)50)30(37(36)41(32)54)12-11-24-6-3-7-25(14-24)15-29(51)10-5-13-46/h3-4,6-9,11-12,14,17-18,21-22,29,39,43-45,47-48,51-53,56-57H,5,10,13,15-16,19-20,46H2,1-2H3/b12-11+/t22-,29+,39+,43+,44+,45+/m0/s1. The number of ether oxygens (including phenoxy) is 3. The number of aliphatic hydroxyl groups is 6. The fourth-order valence-corrected chi connectivity index (χ4v) is 7.65. The second-order valence-electron chi connectivity index (χ2n) is 14.8. The Kier molecular flexibility index (Phi) is 13.7. The Bertz CT molecular complexity index is 2340. The molecule has 1 aliphatic carbocycles. The molecular weight excluding hydrogens is 778 g/mol. The van der Waals surface area contributed by atoms with E-state index in [0.717, 1.165) is 18.6 Å². The summed E-state index contributed by atoms with van der Waals surface area (Å²) >= 11 is 0. The second kappa shape index (κ2) is 18.8. The van der Waals surface area contributed by atoms with E-state index in [9.17, 15) is 54.9 Å². The van der Waals surface area contributed by atoms with Crippen LogP contribution in [0.25, 0.3) is 12.2 Å². The molecule has 15 nitrogen and oxygen atoms in total. The number of hydrogen-bond acceptors (Lipinski definition) is 15. The highest BCUT2D eigenvalue weighted by Gasteiger charge is 2.44. The van der Waals surface area contributed by atoms with Gasteiger partial charge in [0.05, 0.1) is 31.0 Å². The number of aromatic hydroxyl groups is 1. The number of aliphatic hydroxyl groups excluding tert-OH is 6. The molecule has 15 heteroatoms. The van der Waals surface area contributed by atoms with Gasteiger partial charge in [-0.1, -0.05) is 48.5 Å². The lowest BCUT2D eigenvalue weighted by atomic mass is 9.77. The Morgan fingerprint density at radius 1 is 0.867 bits per heavy atom. The van der Waals surface area contributed by atoms with E-state index < -0.39 is 78.9 Å². The topological polar surface area (TPSA) is 264 Å². The van der Waals surface area contributed by atoms with Crippen molar-refractivity contribution in [3.63, 3.8) is 0 Å². The average Bonchev–Trinajstić information content (AvgIpc) is 3.23. The van der Waals surface area contributed by atoms with Crippen LogP contribution in [0, 0.1) is 0 Å². The van der Waals surface area contributed by atoms with Gasteiger partial charge < -0.3 is 55.7 Å². The predicted octanol–water partition coefficient (Wildman–Crippen LogP) is 2.50. The largest absolute Gasteiger partial charge is 0.507 e. The number of esters is 1. The van der Waals surface area contributed by atoms with Crippen molar-refractivity contribution in [2.24, 2.45) is 5.73 Å². The quantitative estimate of drug-likeness (QED) is 0.0326. The summed E-state index contributed by atoms with van der Waals surface area (Å²) in [4.78, 5) is 54.2. The number of benzene rings is 4. The maximum absolute atomic E-state index is 14.9. The van der Waals surface area contributed by atoms with E-state index in [1.54, 1.807) is 30.3 Å². The molecule has 0 bridgehead atoms. The first-order valence-electron chi connectivity index (χ1n) is 19.4. The van der Waals surface area contributed by atoms with E-state index in [1.165, 1.54) is 25.1 Å². The maximum atomic E-state index is 14.9. The summed E-state index contributed by atoms with van der Waals surface area (Å²) in [6.07, 6.45) is -3.57. The van der Waals surface area contributed by atoms with Crippen molar-refractivity contribution >= 4 is 36.0 Å². The minimum absolute atomic E-state index is 0.00534. The summed E-state index contributed by atoms with van der Waals surface area (Å²) in [6, 6.07) is 14.2. The first kappa shape index (κ1) is 43.9. The van der Waals surface area contributed by atoms with E-state index in [1.807, 2.05) is 12.1 Å². The van der Waals surface area contributed by atoms with Crippen molar-refractivity contribution in [1.82, 2.24) is 0 Å². The fraction of sp³-hybridized carbons (Fsp3) is 0.333. The van der Waals surface area contributed by atoms with E-state index in [4.69, 9.17) is 19.9 Å². The molecule has 0 aromatic heterocycles. The number of carbonyl (C=O) groups excluding carboxylic acids is 4. The molecule has 1 aliphatic heterocycles. The van der Waals surface area contributed by atoms with E-state index in [2.05, 4.69) is 0 Å². The number of hydrogen-bond donors (Lipinski definition) is 8. The van der Waals surface area contributed by atoms with Gasteiger partial charge in [0.1, 0.15) is 35.6 Å². The van der Waals surface area contributed by atoms with Gasteiger partial charge in [-0.3, -0.25) is 19.2 Å². The lowest BCUT2D eigenvalue weighted by Crippen LogP contribution is -2.58. The van der Waals surface area contributed by atoms with E-state index >= 15 is 0 Å². The third-order valence-electron chi connectivity index (χ3n) is 10.7. The minimum Gasteiger partial charge on any atom is -0.507 e. The highest BCUT2D eigenvalue weighted by atomic mass is 16.7. The molecule has 0 saturated carbocycles. The van der Waals surface area contributed by atoms with Crippen LogP contribution in [0.3, 0.4) is 0 Å². The molecule has 0 unspecified atom stereocenters. The van der Waals surface area contributed by atoms with Gasteiger partial charge in [-0.2, -0.15) is 0 Å². The number of phenolic OH excluding ortho intramolecular Hbond substituents is 1. The lowest BCUT2D eigenvalue weighted by Gasteiger charge is -2.39. The normalized spacial score (nSPS) is 20.4. The van der Waals surface area contributed by atoms with Crippen molar-refractivity contribution in [2.45, 2.75) is 89.6 Å². The maximum Gasteiger partial charge on any atom is 0.308 e. The Morgan fingerprint density at radius 3 is 2.27 bits per heavy atom. The number of fused-ring (bicyclic) bond motifs is 2. The molecule has 0 spiro atoms. The Labute approximate surface area is 344 Å². The second-order valence-corrected chi connectivity index (χ2v) is 14.8. The van der Waals surface area contributed by atoms with Crippen LogP contribution in [0.2, 0.25) is 0 Å². The minimum atomic E-state index is -1.83. The summed E-state index contributed by atoms with van der Waals surface area (Å²) < 4.78 is 17.3. The van der Waals surface area contributed by atoms with Gasteiger partial charge in [-0.15, -0.1) is 0 Å². The van der Waals surface area contributed by atoms with E-state index in [-0.39, 0.29) is 68.0 Å². The van der Waals surface area contributed by atoms with Gasteiger partial charge in [0.15, 0.2) is 17.9 Å². The molecule has 0 amide bonds. The van der Waals surface area contributed by atoms with Crippen LogP contribution in [0.15, 0.2) is 54.6 Å². The zero-order valence-corrected chi connectivity index (χ0v) is 32.9. The zero-order chi connectivity index (χ0) is 43.4. The third-order valence-corrected chi connectivity index (χ3v) is 10.7. The van der Waals surface area contributed by atoms with E-state index in [0.29, 0.717) is 37.7 Å². The van der Waals surface area contributed by atoms with Gasteiger partial charge in [-0.05, 0) is 78.8 Å². The van der Waals surface area contributed by atoms with Gasteiger partial charge >= 0.3 is 5.97 Å². The predicted molar refractivity (Wildman–Crippen MR) is 216 cm³/mol. The molecular formula is C45H47NO14. The Balaban J connectivity index is 1.53. The number of nitrogens with two attached hydrogens (primary N) is 1. The SMILES string of the molecule is CC(=O)Oc1cc(CO)c2c(c1/C=C/c1cccc(C[C@H](O)CCCN)c1)C(=O)c1cc(O[C@H]3O[C@@H](C)[C@@H](O)[C@@H](O)[C@H]3O)c(Cc3cccc(CO)c3C=O)c(O)c1C2=O. The molecule has 4 aromatic carbocycles. The highest BCUT2D eigenvalue weighted by Crippen LogP contribution is 2.45. The van der Waals surface area contributed by atoms with Crippen LogP contribution in [-0.2, 0) is 35.6 Å². The summed E-state index contributed by atoms with van der Waals surface area (Å²) in [6.45, 7) is 1.73. The van der Waals surface area contributed by atoms with Crippen LogP contribution >= 0.6 is 0 Å². The molecule has 2 aliphatic rings. The summed E-state index contributed by atoms with van der Waals surface area (Å²) in [5.41, 5.74) is 6.04. The van der Waals surface area contributed by atoms with Crippen molar-refractivity contribution in [1.29, 1.82) is 0 Å². The summed E-state index contributed by atoms with van der Waals surface area (Å²) in [5.74, 6) is -3.69. The van der Waals surface area contributed by atoms with Gasteiger partial charge in [0, 0.05) is 46.7 Å². The third kappa shape index (κ3) is 8.80. The van der Waals surface area contributed by atoms with Crippen LogP contribution in [0.4, 0.5) is 0 Å². The fourth-order valence-electron chi connectivity index (χ4n) is 7.65. The molecule has 6 rings (SSSR count). The Hall–Kier alpha value is -5.62. The number of phenols is 1. The molecule has 4 aromatic rings. The molecule has 6 atom stereocenters.